The van der Waals surface area contributed by atoms with Crippen molar-refractivity contribution in [1.82, 2.24) is 9.78 Å². The van der Waals surface area contributed by atoms with Gasteiger partial charge in [-0.05, 0) is 66.1 Å². The van der Waals surface area contributed by atoms with Crippen LogP contribution in [0, 0.1) is 3.57 Å². The molecule has 0 atom stereocenters. The Hall–Kier alpha value is -1.04. The van der Waals surface area contributed by atoms with Crippen LogP contribution in [0.4, 0.5) is 5.82 Å². The van der Waals surface area contributed by atoms with Crippen LogP contribution in [0.15, 0.2) is 24.3 Å². The van der Waals surface area contributed by atoms with E-state index in [9.17, 15) is 0 Å². The molecule has 1 aliphatic heterocycles. The fraction of sp³-hybridized carbons (Fsp3) is 0.471. The predicted molar refractivity (Wildman–Crippen MR) is 96.4 cm³/mol. The molecule has 2 heterocycles. The average Bonchev–Trinajstić information content (AvgIpc) is 2.63. The summed E-state index contributed by atoms with van der Waals surface area (Å²) in [4.78, 5) is 0. The lowest BCUT2D eigenvalue weighted by Gasteiger charge is -2.17. The van der Waals surface area contributed by atoms with Crippen LogP contribution < -0.4 is 5.32 Å². The molecule has 1 aromatic carbocycles. The topological polar surface area (TPSA) is 29.9 Å². The molecule has 4 heteroatoms. The first kappa shape index (κ1) is 14.9. The van der Waals surface area contributed by atoms with Gasteiger partial charge in [0.25, 0.3) is 0 Å². The minimum absolute atomic E-state index is 0.0740. The maximum absolute atomic E-state index is 4.96. The van der Waals surface area contributed by atoms with Gasteiger partial charge in [0, 0.05) is 21.1 Å². The molecular formula is C17H22IN3. The summed E-state index contributed by atoms with van der Waals surface area (Å²) >= 11 is 2.34. The first-order valence-electron chi connectivity index (χ1n) is 7.59. The lowest BCUT2D eigenvalue weighted by molar-refractivity contribution is 0.552. The van der Waals surface area contributed by atoms with E-state index >= 15 is 0 Å². The van der Waals surface area contributed by atoms with E-state index in [0.717, 1.165) is 18.7 Å². The first-order valence-corrected chi connectivity index (χ1v) is 8.67. The second-order valence-corrected chi connectivity index (χ2v) is 7.94. The highest BCUT2D eigenvalue weighted by Crippen LogP contribution is 2.34. The number of fused-ring (bicyclic) bond motifs is 1. The number of nitrogens with zero attached hydrogens (tertiary/aromatic N) is 2. The van der Waals surface area contributed by atoms with E-state index in [1.165, 1.54) is 33.5 Å². The molecule has 0 fully saturated rings. The van der Waals surface area contributed by atoms with E-state index in [4.69, 9.17) is 5.10 Å². The number of aromatic nitrogens is 2. The molecule has 21 heavy (non-hydrogen) atoms. The van der Waals surface area contributed by atoms with E-state index in [0.29, 0.717) is 0 Å². The van der Waals surface area contributed by atoms with Gasteiger partial charge in [0.1, 0.15) is 5.82 Å². The van der Waals surface area contributed by atoms with Crippen molar-refractivity contribution < 1.29 is 0 Å². The van der Waals surface area contributed by atoms with Crippen LogP contribution in [0.1, 0.15) is 44.9 Å². The fourth-order valence-electron chi connectivity index (χ4n) is 2.87. The highest BCUT2D eigenvalue weighted by Gasteiger charge is 2.27. The van der Waals surface area contributed by atoms with Gasteiger partial charge in [0.15, 0.2) is 0 Å². The van der Waals surface area contributed by atoms with E-state index in [-0.39, 0.29) is 5.41 Å². The lowest BCUT2D eigenvalue weighted by atomic mass is 9.88. The molecule has 0 radical (unpaired) electrons. The van der Waals surface area contributed by atoms with Gasteiger partial charge in [-0.2, -0.15) is 5.10 Å². The van der Waals surface area contributed by atoms with Crippen LogP contribution in [0.25, 0.3) is 5.69 Å². The van der Waals surface area contributed by atoms with E-state index in [1.54, 1.807) is 0 Å². The summed E-state index contributed by atoms with van der Waals surface area (Å²) in [5.41, 5.74) is 3.84. The summed E-state index contributed by atoms with van der Waals surface area (Å²) in [7, 11) is 0. The molecule has 0 aliphatic carbocycles. The maximum atomic E-state index is 4.96. The summed E-state index contributed by atoms with van der Waals surface area (Å²) in [6.45, 7) is 7.78. The third kappa shape index (κ3) is 2.96. The van der Waals surface area contributed by atoms with Crippen LogP contribution in [0.3, 0.4) is 0 Å². The lowest BCUT2D eigenvalue weighted by Crippen LogP contribution is -2.15. The zero-order valence-electron chi connectivity index (χ0n) is 12.9. The number of benzene rings is 1. The third-order valence-electron chi connectivity index (χ3n) is 3.91. The van der Waals surface area contributed by atoms with Crippen molar-refractivity contribution in [2.24, 2.45) is 0 Å². The molecule has 2 aromatic rings. The molecule has 0 unspecified atom stereocenters. The summed E-state index contributed by atoms with van der Waals surface area (Å²) in [5, 5.41) is 8.55. The second-order valence-electron chi connectivity index (χ2n) is 6.70. The Morgan fingerprint density at radius 3 is 2.52 bits per heavy atom. The number of hydrogen-bond donors (Lipinski definition) is 1. The number of halogens is 1. The van der Waals surface area contributed by atoms with Crippen molar-refractivity contribution in [1.29, 1.82) is 0 Å². The van der Waals surface area contributed by atoms with Crippen LogP contribution in [0.5, 0.6) is 0 Å². The van der Waals surface area contributed by atoms with Gasteiger partial charge in [-0.25, -0.2) is 4.68 Å². The standard InChI is InChI=1S/C17H22IN3/c1-17(2,3)15-14-6-4-5-11-19-16(14)21(20-15)13-9-7-12(18)8-10-13/h7-10,19H,4-6,11H2,1-3H3. The molecular weight excluding hydrogens is 373 g/mol. The largest absolute Gasteiger partial charge is 0.370 e. The van der Waals surface area contributed by atoms with Gasteiger partial charge >= 0.3 is 0 Å². The third-order valence-corrected chi connectivity index (χ3v) is 4.63. The van der Waals surface area contributed by atoms with Gasteiger partial charge in [0.05, 0.1) is 11.4 Å². The number of rotatable bonds is 1. The van der Waals surface area contributed by atoms with Crippen LogP contribution in [-0.2, 0) is 11.8 Å². The summed E-state index contributed by atoms with van der Waals surface area (Å²) < 4.78 is 3.34. The van der Waals surface area contributed by atoms with Crippen molar-refractivity contribution in [2.75, 3.05) is 11.9 Å². The molecule has 3 nitrogen and oxygen atoms in total. The van der Waals surface area contributed by atoms with Crippen molar-refractivity contribution in [3.63, 3.8) is 0 Å². The fourth-order valence-corrected chi connectivity index (χ4v) is 3.23. The molecule has 0 spiro atoms. The summed E-state index contributed by atoms with van der Waals surface area (Å²) in [6.07, 6.45) is 3.59. The zero-order chi connectivity index (χ0) is 15.0. The Labute approximate surface area is 140 Å². The van der Waals surface area contributed by atoms with Gasteiger partial charge in [0.2, 0.25) is 0 Å². The van der Waals surface area contributed by atoms with Crippen LogP contribution >= 0.6 is 22.6 Å². The predicted octanol–water partition coefficient (Wildman–Crippen LogP) is 4.52. The Morgan fingerprint density at radius 2 is 1.86 bits per heavy atom. The van der Waals surface area contributed by atoms with Gasteiger partial charge in [-0.15, -0.1) is 0 Å². The SMILES string of the molecule is CC(C)(C)c1nn(-c2ccc(I)cc2)c2c1CCCCN2. The Morgan fingerprint density at radius 1 is 1.14 bits per heavy atom. The Balaban J connectivity index is 2.16. The van der Waals surface area contributed by atoms with E-state index < -0.39 is 0 Å². The smallest absolute Gasteiger partial charge is 0.133 e. The molecule has 0 bridgehead atoms. The second kappa shape index (κ2) is 5.63. The van der Waals surface area contributed by atoms with Crippen molar-refractivity contribution in [3.05, 3.63) is 39.1 Å². The molecule has 3 rings (SSSR count). The molecule has 1 N–H and O–H groups in total. The number of hydrogen-bond acceptors (Lipinski definition) is 2. The quantitative estimate of drug-likeness (QED) is 0.720. The van der Waals surface area contributed by atoms with E-state index in [1.807, 2.05) is 0 Å². The molecule has 0 saturated carbocycles. The maximum Gasteiger partial charge on any atom is 0.133 e. The monoisotopic (exact) mass is 395 g/mol. The minimum Gasteiger partial charge on any atom is -0.370 e. The Bertz CT molecular complexity index is 635. The van der Waals surface area contributed by atoms with Gasteiger partial charge in [-0.3, -0.25) is 0 Å². The van der Waals surface area contributed by atoms with Gasteiger partial charge in [-0.1, -0.05) is 20.8 Å². The van der Waals surface area contributed by atoms with Crippen molar-refractivity contribution in [3.8, 4) is 5.69 Å². The van der Waals surface area contributed by atoms with E-state index in [2.05, 4.69) is 77.6 Å². The van der Waals surface area contributed by atoms with Crippen LogP contribution in [0.2, 0.25) is 0 Å². The Kier molecular flexibility index (Phi) is 3.99. The normalized spacial score (nSPS) is 15.2. The number of nitrogens with one attached hydrogen (secondary N) is 1. The van der Waals surface area contributed by atoms with Gasteiger partial charge < -0.3 is 5.32 Å². The summed E-state index contributed by atoms with van der Waals surface area (Å²) in [6, 6.07) is 8.57. The van der Waals surface area contributed by atoms with Crippen molar-refractivity contribution >= 4 is 28.4 Å². The summed E-state index contributed by atoms with van der Waals surface area (Å²) in [5.74, 6) is 1.19. The molecule has 0 amide bonds. The zero-order valence-corrected chi connectivity index (χ0v) is 15.1. The average molecular weight is 395 g/mol. The molecule has 1 aliphatic rings. The highest BCUT2D eigenvalue weighted by molar-refractivity contribution is 14.1. The highest BCUT2D eigenvalue weighted by atomic mass is 127. The first-order chi connectivity index (χ1) is 9.97. The van der Waals surface area contributed by atoms with Crippen LogP contribution in [-0.4, -0.2) is 16.3 Å². The number of anilines is 1. The van der Waals surface area contributed by atoms with Crippen molar-refractivity contribution in [2.45, 2.75) is 45.4 Å². The molecule has 1 aromatic heterocycles. The molecule has 112 valence electrons. The molecule has 0 saturated heterocycles. The minimum atomic E-state index is 0.0740.